The molecule has 1 heterocycles. The molecule has 0 spiro atoms. The van der Waals surface area contributed by atoms with Crippen molar-refractivity contribution in [3.63, 3.8) is 0 Å². The highest BCUT2D eigenvalue weighted by molar-refractivity contribution is 14.1. The molecule has 1 fully saturated rings. The third-order valence-corrected chi connectivity index (χ3v) is 4.86. The van der Waals surface area contributed by atoms with Crippen LogP contribution in [0.15, 0.2) is 22.7 Å². The number of carbonyl (C=O) groups is 2. The standard InChI is InChI=1S/C14H15BrINO3/c15-10-3-4-12(16)11(7-10)14(20)17-5-1-2-9(8-17)6-13(18)19/h3-4,7,9H,1-2,5-6,8H2,(H,18,19). The Balaban J connectivity index is 2.12. The Morgan fingerprint density at radius 1 is 1.45 bits per heavy atom. The van der Waals surface area contributed by atoms with Gasteiger partial charge in [0.15, 0.2) is 0 Å². The van der Waals surface area contributed by atoms with E-state index < -0.39 is 5.97 Å². The summed E-state index contributed by atoms with van der Waals surface area (Å²) in [6.45, 7) is 1.24. The minimum atomic E-state index is -0.790. The molecule has 108 valence electrons. The van der Waals surface area contributed by atoms with E-state index in [2.05, 4.69) is 38.5 Å². The number of halogens is 2. The molecule has 1 unspecified atom stereocenters. The zero-order chi connectivity index (χ0) is 14.7. The first kappa shape index (κ1) is 15.8. The molecule has 1 aromatic carbocycles. The van der Waals surface area contributed by atoms with Gasteiger partial charge in [0.05, 0.1) is 5.56 Å². The number of benzene rings is 1. The molecule has 4 nitrogen and oxygen atoms in total. The summed E-state index contributed by atoms with van der Waals surface area (Å²) < 4.78 is 1.79. The third kappa shape index (κ3) is 3.94. The zero-order valence-electron chi connectivity index (χ0n) is 10.8. The number of piperidine rings is 1. The number of likely N-dealkylation sites (tertiary alicyclic amines) is 1. The van der Waals surface area contributed by atoms with Crippen molar-refractivity contribution in [3.8, 4) is 0 Å². The van der Waals surface area contributed by atoms with Gasteiger partial charge in [0.1, 0.15) is 0 Å². The number of hydrogen-bond donors (Lipinski definition) is 1. The average Bonchev–Trinajstić information content (AvgIpc) is 2.40. The molecule has 1 saturated heterocycles. The van der Waals surface area contributed by atoms with Crippen LogP contribution >= 0.6 is 38.5 Å². The average molecular weight is 452 g/mol. The van der Waals surface area contributed by atoms with Crippen molar-refractivity contribution in [1.29, 1.82) is 0 Å². The first-order chi connectivity index (χ1) is 9.47. The fourth-order valence-electron chi connectivity index (χ4n) is 2.49. The summed E-state index contributed by atoms with van der Waals surface area (Å²) in [4.78, 5) is 25.1. The Labute approximate surface area is 139 Å². The number of hydrogen-bond acceptors (Lipinski definition) is 2. The van der Waals surface area contributed by atoms with Crippen LogP contribution in [0, 0.1) is 9.49 Å². The molecule has 1 amide bonds. The zero-order valence-corrected chi connectivity index (χ0v) is 14.6. The molecule has 1 atom stereocenters. The van der Waals surface area contributed by atoms with Gasteiger partial charge in [-0.1, -0.05) is 15.9 Å². The lowest BCUT2D eigenvalue weighted by atomic mass is 9.94. The van der Waals surface area contributed by atoms with Gasteiger partial charge in [-0.3, -0.25) is 9.59 Å². The third-order valence-electron chi connectivity index (χ3n) is 3.43. The van der Waals surface area contributed by atoms with Crippen molar-refractivity contribution in [2.24, 2.45) is 5.92 Å². The van der Waals surface area contributed by atoms with E-state index in [1.807, 2.05) is 18.2 Å². The number of amides is 1. The molecule has 20 heavy (non-hydrogen) atoms. The van der Waals surface area contributed by atoms with E-state index in [1.54, 1.807) is 4.90 Å². The van der Waals surface area contributed by atoms with Crippen LogP contribution in [0.5, 0.6) is 0 Å². The first-order valence-electron chi connectivity index (χ1n) is 6.43. The van der Waals surface area contributed by atoms with Crippen LogP contribution in [0.3, 0.4) is 0 Å². The van der Waals surface area contributed by atoms with Gasteiger partial charge < -0.3 is 10.0 Å². The van der Waals surface area contributed by atoms with Gasteiger partial charge >= 0.3 is 5.97 Å². The second-order valence-corrected chi connectivity index (χ2v) is 7.06. The summed E-state index contributed by atoms with van der Waals surface area (Å²) in [6.07, 6.45) is 1.89. The van der Waals surface area contributed by atoms with Crippen molar-refractivity contribution < 1.29 is 14.7 Å². The molecular weight excluding hydrogens is 437 g/mol. The van der Waals surface area contributed by atoms with Crippen LogP contribution in [0.4, 0.5) is 0 Å². The maximum atomic E-state index is 12.6. The Morgan fingerprint density at radius 2 is 2.20 bits per heavy atom. The largest absolute Gasteiger partial charge is 0.481 e. The molecule has 2 rings (SSSR count). The smallest absolute Gasteiger partial charge is 0.303 e. The lowest BCUT2D eigenvalue weighted by Crippen LogP contribution is -2.40. The summed E-state index contributed by atoms with van der Waals surface area (Å²) in [5.41, 5.74) is 0.677. The minimum Gasteiger partial charge on any atom is -0.481 e. The highest BCUT2D eigenvalue weighted by Crippen LogP contribution is 2.24. The number of aliphatic carboxylic acids is 1. The molecule has 1 aliphatic rings. The van der Waals surface area contributed by atoms with Gasteiger partial charge in [0, 0.05) is 27.6 Å². The van der Waals surface area contributed by atoms with Crippen molar-refractivity contribution in [2.45, 2.75) is 19.3 Å². The molecule has 1 aromatic rings. The van der Waals surface area contributed by atoms with Gasteiger partial charge in [-0.05, 0) is 59.5 Å². The van der Waals surface area contributed by atoms with Crippen molar-refractivity contribution >= 4 is 50.4 Å². The Hall–Kier alpha value is -0.630. The van der Waals surface area contributed by atoms with Gasteiger partial charge in [0.2, 0.25) is 0 Å². The van der Waals surface area contributed by atoms with E-state index >= 15 is 0 Å². The van der Waals surface area contributed by atoms with Crippen LogP contribution < -0.4 is 0 Å². The highest BCUT2D eigenvalue weighted by atomic mass is 127. The summed E-state index contributed by atoms with van der Waals surface area (Å²) in [7, 11) is 0. The van der Waals surface area contributed by atoms with Gasteiger partial charge in [-0.15, -0.1) is 0 Å². The molecule has 1 N–H and O–H groups in total. The van der Waals surface area contributed by atoms with Crippen LogP contribution in [0.2, 0.25) is 0 Å². The molecule has 0 aliphatic carbocycles. The maximum Gasteiger partial charge on any atom is 0.303 e. The Bertz CT molecular complexity index is 535. The van der Waals surface area contributed by atoms with E-state index in [9.17, 15) is 9.59 Å². The van der Waals surface area contributed by atoms with Crippen LogP contribution in [-0.4, -0.2) is 35.0 Å². The lowest BCUT2D eigenvalue weighted by Gasteiger charge is -2.32. The Kier molecular flexibility index (Phi) is 5.42. The predicted molar refractivity (Wildman–Crippen MR) is 87.7 cm³/mol. The lowest BCUT2D eigenvalue weighted by molar-refractivity contribution is -0.138. The molecule has 0 saturated carbocycles. The quantitative estimate of drug-likeness (QED) is 0.716. The molecule has 0 radical (unpaired) electrons. The molecule has 0 aromatic heterocycles. The molecule has 1 aliphatic heterocycles. The van der Waals surface area contributed by atoms with Crippen LogP contribution in [0.25, 0.3) is 0 Å². The molecule has 0 bridgehead atoms. The maximum absolute atomic E-state index is 12.6. The van der Waals surface area contributed by atoms with E-state index in [0.29, 0.717) is 18.7 Å². The number of carboxylic acids is 1. The summed E-state index contributed by atoms with van der Waals surface area (Å²) in [6, 6.07) is 5.63. The summed E-state index contributed by atoms with van der Waals surface area (Å²) in [5, 5.41) is 8.88. The van der Waals surface area contributed by atoms with Gasteiger partial charge in [-0.2, -0.15) is 0 Å². The van der Waals surface area contributed by atoms with Crippen molar-refractivity contribution in [2.75, 3.05) is 13.1 Å². The second kappa shape index (κ2) is 6.89. The number of carboxylic acid groups (broad SMARTS) is 1. The summed E-state index contributed by atoms with van der Waals surface area (Å²) >= 11 is 5.53. The van der Waals surface area contributed by atoms with Crippen molar-refractivity contribution in [1.82, 2.24) is 4.90 Å². The predicted octanol–water partition coefficient (Wildman–Crippen LogP) is 3.38. The SMILES string of the molecule is O=C(O)CC1CCCN(C(=O)c2cc(Br)ccc2I)C1. The van der Waals surface area contributed by atoms with Crippen LogP contribution in [0.1, 0.15) is 29.6 Å². The second-order valence-electron chi connectivity index (χ2n) is 4.98. The topological polar surface area (TPSA) is 57.6 Å². The number of carbonyl (C=O) groups excluding carboxylic acids is 1. The van der Waals surface area contributed by atoms with E-state index in [1.165, 1.54) is 0 Å². The van der Waals surface area contributed by atoms with Crippen molar-refractivity contribution in [3.05, 3.63) is 31.8 Å². The monoisotopic (exact) mass is 451 g/mol. The fourth-order valence-corrected chi connectivity index (χ4v) is 3.42. The van der Waals surface area contributed by atoms with Gasteiger partial charge in [-0.25, -0.2) is 0 Å². The fraction of sp³-hybridized carbons (Fsp3) is 0.429. The number of rotatable bonds is 3. The molecular formula is C14H15BrINO3. The van der Waals surface area contributed by atoms with E-state index in [4.69, 9.17) is 5.11 Å². The molecule has 6 heteroatoms. The van der Waals surface area contributed by atoms with E-state index in [-0.39, 0.29) is 18.2 Å². The summed E-state index contributed by atoms with van der Waals surface area (Å²) in [5.74, 6) is -0.734. The minimum absolute atomic E-state index is 0.00853. The Morgan fingerprint density at radius 3 is 2.90 bits per heavy atom. The van der Waals surface area contributed by atoms with Crippen LogP contribution in [-0.2, 0) is 4.79 Å². The normalized spacial score (nSPS) is 18.9. The first-order valence-corrected chi connectivity index (χ1v) is 8.30. The van der Waals surface area contributed by atoms with E-state index in [0.717, 1.165) is 20.9 Å². The number of nitrogens with zero attached hydrogens (tertiary/aromatic N) is 1. The highest BCUT2D eigenvalue weighted by Gasteiger charge is 2.26. The van der Waals surface area contributed by atoms with Gasteiger partial charge in [0.25, 0.3) is 5.91 Å².